The number of piperazine rings is 1. The monoisotopic (exact) mass is 322 g/mol. The number of alkyl halides is 3. The molecule has 2 rings (SSSR count). The molecule has 1 atom stereocenters. The molecule has 1 aromatic rings. The van der Waals surface area contributed by atoms with Crippen LogP contribution in [0.5, 0.6) is 0 Å². The molecule has 0 radical (unpaired) electrons. The molecule has 0 unspecified atom stereocenters. The Kier molecular flexibility index (Phi) is 6.97. The smallest absolute Gasteiger partial charge is 0.314 e. The maximum Gasteiger partial charge on any atom is 0.416 e. The lowest BCUT2D eigenvalue weighted by atomic mass is 9.98. The number of hydrogen-bond acceptors (Lipinski definition) is 2. The Morgan fingerprint density at radius 2 is 1.71 bits per heavy atom. The van der Waals surface area contributed by atoms with Crippen LogP contribution in [0, 0.1) is 0 Å². The van der Waals surface area contributed by atoms with E-state index in [0.29, 0.717) is 0 Å². The van der Waals surface area contributed by atoms with Gasteiger partial charge in [-0.05, 0) is 24.1 Å². The summed E-state index contributed by atoms with van der Waals surface area (Å²) in [6.45, 7) is 5.90. The lowest BCUT2D eigenvalue weighted by Crippen LogP contribution is -2.45. The zero-order valence-corrected chi connectivity index (χ0v) is 12.9. The molecule has 1 aliphatic heterocycles. The van der Waals surface area contributed by atoms with Gasteiger partial charge in [0.15, 0.2) is 0 Å². The average molecular weight is 323 g/mol. The van der Waals surface area contributed by atoms with E-state index in [1.54, 1.807) is 12.1 Å². The second kappa shape index (κ2) is 8.01. The van der Waals surface area contributed by atoms with Gasteiger partial charge in [-0.2, -0.15) is 13.2 Å². The van der Waals surface area contributed by atoms with Crippen LogP contribution < -0.4 is 5.32 Å². The number of rotatable bonds is 4. The molecule has 2 nitrogen and oxygen atoms in total. The Labute approximate surface area is 130 Å². The van der Waals surface area contributed by atoms with Gasteiger partial charge in [-0.25, -0.2) is 0 Å². The standard InChI is InChI=1S/C15H21F3N2.ClH/c1-2-3-14(20-10-8-19-9-11-20)12-4-6-13(7-5-12)15(16,17)18;/h4-7,14,19H,2-3,8-11H2,1H3;1H/t14-;/m0./s1. The third-order valence-corrected chi connectivity index (χ3v) is 3.78. The van der Waals surface area contributed by atoms with Gasteiger partial charge in [0.25, 0.3) is 0 Å². The molecule has 1 saturated heterocycles. The first kappa shape index (κ1) is 18.3. The first-order valence-corrected chi connectivity index (χ1v) is 7.14. The van der Waals surface area contributed by atoms with Crippen LogP contribution in [0.15, 0.2) is 24.3 Å². The van der Waals surface area contributed by atoms with Gasteiger partial charge in [0.2, 0.25) is 0 Å². The third-order valence-electron chi connectivity index (χ3n) is 3.78. The Morgan fingerprint density at radius 3 is 2.19 bits per heavy atom. The van der Waals surface area contributed by atoms with E-state index in [9.17, 15) is 13.2 Å². The molecular weight excluding hydrogens is 301 g/mol. The summed E-state index contributed by atoms with van der Waals surface area (Å²) in [7, 11) is 0. The first-order valence-electron chi connectivity index (χ1n) is 7.14. The summed E-state index contributed by atoms with van der Waals surface area (Å²) < 4.78 is 37.8. The van der Waals surface area contributed by atoms with Crippen molar-refractivity contribution in [1.82, 2.24) is 10.2 Å². The Balaban J connectivity index is 0.00000220. The Hall–Kier alpha value is -0.780. The maximum absolute atomic E-state index is 12.6. The molecule has 1 heterocycles. The molecule has 0 amide bonds. The Bertz CT molecular complexity index is 414. The van der Waals surface area contributed by atoms with Crippen LogP contribution in [0.3, 0.4) is 0 Å². The van der Waals surface area contributed by atoms with Gasteiger partial charge in [-0.15, -0.1) is 12.4 Å². The van der Waals surface area contributed by atoms with Crippen LogP contribution in [0.25, 0.3) is 0 Å². The molecule has 120 valence electrons. The summed E-state index contributed by atoms with van der Waals surface area (Å²) in [6.07, 6.45) is -2.26. The van der Waals surface area contributed by atoms with E-state index in [2.05, 4.69) is 17.1 Å². The predicted octanol–water partition coefficient (Wildman–Crippen LogP) is 3.87. The van der Waals surface area contributed by atoms with Gasteiger partial charge in [0.1, 0.15) is 0 Å². The molecule has 21 heavy (non-hydrogen) atoms. The first-order chi connectivity index (χ1) is 9.52. The maximum atomic E-state index is 12.6. The Morgan fingerprint density at radius 1 is 1.14 bits per heavy atom. The van der Waals surface area contributed by atoms with E-state index < -0.39 is 11.7 Å². The summed E-state index contributed by atoms with van der Waals surface area (Å²) in [5, 5.41) is 3.30. The fourth-order valence-corrected chi connectivity index (χ4v) is 2.72. The van der Waals surface area contributed by atoms with Crippen LogP contribution in [0.1, 0.15) is 36.9 Å². The molecule has 0 aliphatic carbocycles. The topological polar surface area (TPSA) is 15.3 Å². The fourth-order valence-electron chi connectivity index (χ4n) is 2.72. The van der Waals surface area contributed by atoms with Crippen molar-refractivity contribution in [3.63, 3.8) is 0 Å². The second-order valence-corrected chi connectivity index (χ2v) is 5.21. The minimum atomic E-state index is -4.26. The minimum Gasteiger partial charge on any atom is -0.314 e. The van der Waals surface area contributed by atoms with Crippen LogP contribution in [0.2, 0.25) is 0 Å². The van der Waals surface area contributed by atoms with Crippen molar-refractivity contribution in [2.45, 2.75) is 32.0 Å². The molecule has 0 bridgehead atoms. The van der Waals surface area contributed by atoms with E-state index >= 15 is 0 Å². The van der Waals surface area contributed by atoms with Crippen LogP contribution in [-0.4, -0.2) is 31.1 Å². The third kappa shape index (κ3) is 4.87. The predicted molar refractivity (Wildman–Crippen MR) is 80.8 cm³/mol. The molecule has 6 heteroatoms. The normalized spacial score (nSPS) is 18.1. The highest BCUT2D eigenvalue weighted by molar-refractivity contribution is 5.85. The van der Waals surface area contributed by atoms with Crippen molar-refractivity contribution < 1.29 is 13.2 Å². The zero-order valence-electron chi connectivity index (χ0n) is 12.1. The molecule has 1 N–H and O–H groups in total. The number of nitrogens with zero attached hydrogens (tertiary/aromatic N) is 1. The highest BCUT2D eigenvalue weighted by Crippen LogP contribution is 2.32. The van der Waals surface area contributed by atoms with Gasteiger partial charge in [-0.3, -0.25) is 4.90 Å². The van der Waals surface area contributed by atoms with E-state index in [-0.39, 0.29) is 18.4 Å². The lowest BCUT2D eigenvalue weighted by Gasteiger charge is -2.35. The highest BCUT2D eigenvalue weighted by atomic mass is 35.5. The summed E-state index contributed by atoms with van der Waals surface area (Å²) >= 11 is 0. The molecule has 0 aromatic heterocycles. The van der Waals surface area contributed by atoms with Gasteiger partial charge >= 0.3 is 6.18 Å². The van der Waals surface area contributed by atoms with E-state index in [1.165, 1.54) is 12.1 Å². The minimum absolute atomic E-state index is 0. The van der Waals surface area contributed by atoms with E-state index in [1.807, 2.05) is 0 Å². The molecule has 1 aromatic carbocycles. The van der Waals surface area contributed by atoms with Gasteiger partial charge in [0.05, 0.1) is 5.56 Å². The molecule has 0 saturated carbocycles. The van der Waals surface area contributed by atoms with Crippen molar-refractivity contribution in [2.75, 3.05) is 26.2 Å². The highest BCUT2D eigenvalue weighted by Gasteiger charge is 2.30. The summed E-state index contributed by atoms with van der Waals surface area (Å²) in [5.74, 6) is 0. The summed E-state index contributed by atoms with van der Waals surface area (Å²) in [5.41, 5.74) is 0.415. The largest absolute Gasteiger partial charge is 0.416 e. The lowest BCUT2D eigenvalue weighted by molar-refractivity contribution is -0.137. The van der Waals surface area contributed by atoms with Crippen LogP contribution >= 0.6 is 12.4 Å². The van der Waals surface area contributed by atoms with Crippen molar-refractivity contribution in [2.24, 2.45) is 0 Å². The van der Waals surface area contributed by atoms with E-state index in [4.69, 9.17) is 0 Å². The molecular formula is C15H22ClF3N2. The van der Waals surface area contributed by atoms with Crippen LogP contribution in [-0.2, 0) is 6.18 Å². The molecule has 0 spiro atoms. The average Bonchev–Trinajstić information content (AvgIpc) is 2.45. The zero-order chi connectivity index (χ0) is 14.6. The number of hydrogen-bond donors (Lipinski definition) is 1. The number of halogens is 4. The van der Waals surface area contributed by atoms with Gasteiger partial charge in [-0.1, -0.05) is 25.5 Å². The second-order valence-electron chi connectivity index (χ2n) is 5.21. The van der Waals surface area contributed by atoms with E-state index in [0.717, 1.165) is 44.6 Å². The fraction of sp³-hybridized carbons (Fsp3) is 0.600. The molecule has 1 fully saturated rings. The summed E-state index contributed by atoms with van der Waals surface area (Å²) in [4.78, 5) is 2.36. The van der Waals surface area contributed by atoms with Gasteiger partial charge < -0.3 is 5.32 Å². The van der Waals surface area contributed by atoms with Gasteiger partial charge in [0, 0.05) is 32.2 Å². The van der Waals surface area contributed by atoms with Crippen molar-refractivity contribution in [1.29, 1.82) is 0 Å². The SMILES string of the molecule is CCC[C@@H](c1ccc(C(F)(F)F)cc1)N1CCNCC1.Cl. The number of benzene rings is 1. The number of nitrogens with one attached hydrogen (secondary N) is 1. The summed E-state index contributed by atoms with van der Waals surface area (Å²) in [6, 6.07) is 5.88. The quantitative estimate of drug-likeness (QED) is 0.905. The van der Waals surface area contributed by atoms with Crippen LogP contribution in [0.4, 0.5) is 13.2 Å². The molecule has 1 aliphatic rings. The van der Waals surface area contributed by atoms with Crippen molar-refractivity contribution >= 4 is 12.4 Å². The van der Waals surface area contributed by atoms with Crippen molar-refractivity contribution in [3.05, 3.63) is 35.4 Å². The van der Waals surface area contributed by atoms with Crippen molar-refractivity contribution in [3.8, 4) is 0 Å².